The largest absolute Gasteiger partial charge is 0.493 e. The molecule has 9 heteroatoms. The molecule has 7 nitrogen and oxygen atoms in total. The highest BCUT2D eigenvalue weighted by molar-refractivity contribution is 8.00. The smallest absolute Gasteiger partial charge is 0.237 e. The summed E-state index contributed by atoms with van der Waals surface area (Å²) in [5.41, 5.74) is 1.89. The van der Waals surface area contributed by atoms with Gasteiger partial charge in [-0.2, -0.15) is 0 Å². The molecule has 1 unspecified atom stereocenters. The molecule has 2 aromatic carbocycles. The fourth-order valence-electron chi connectivity index (χ4n) is 2.98. The first-order chi connectivity index (χ1) is 15.4. The van der Waals surface area contributed by atoms with Gasteiger partial charge in [-0.1, -0.05) is 29.5 Å². The van der Waals surface area contributed by atoms with Gasteiger partial charge in [0.15, 0.2) is 16.7 Å². The van der Waals surface area contributed by atoms with E-state index in [1.54, 1.807) is 44.2 Å². The maximum Gasteiger partial charge on any atom is 0.237 e. The van der Waals surface area contributed by atoms with Crippen molar-refractivity contribution < 1.29 is 14.3 Å². The van der Waals surface area contributed by atoms with Gasteiger partial charge in [-0.15, -0.1) is 22.0 Å². The number of methoxy groups -OCH3 is 2. The van der Waals surface area contributed by atoms with Crippen molar-refractivity contribution >= 4 is 35.1 Å². The normalized spacial score (nSPS) is 11.8. The maximum atomic E-state index is 12.7. The molecule has 3 aromatic rings. The van der Waals surface area contributed by atoms with E-state index in [9.17, 15) is 4.79 Å². The number of aromatic nitrogens is 3. The first-order valence-corrected chi connectivity index (χ1v) is 12.1. The van der Waals surface area contributed by atoms with Crippen LogP contribution in [0.25, 0.3) is 0 Å². The van der Waals surface area contributed by atoms with Crippen LogP contribution in [0.4, 0.5) is 5.69 Å². The number of carbonyl (C=O) groups excluding carboxylic acids is 1. The zero-order chi connectivity index (χ0) is 23.1. The Morgan fingerprint density at radius 3 is 2.47 bits per heavy atom. The summed E-state index contributed by atoms with van der Waals surface area (Å²) < 4.78 is 12.6. The highest BCUT2D eigenvalue weighted by Gasteiger charge is 2.20. The third kappa shape index (κ3) is 5.98. The minimum absolute atomic E-state index is 0.122. The molecule has 0 aliphatic carbocycles. The average molecular weight is 473 g/mol. The van der Waals surface area contributed by atoms with Crippen LogP contribution in [0.3, 0.4) is 0 Å². The Hall–Kier alpha value is -2.65. The Balaban J connectivity index is 1.63. The van der Waals surface area contributed by atoms with Gasteiger partial charge < -0.3 is 19.4 Å². The van der Waals surface area contributed by atoms with E-state index < -0.39 is 0 Å². The summed E-state index contributed by atoms with van der Waals surface area (Å²) in [7, 11) is 3.14. The number of anilines is 1. The van der Waals surface area contributed by atoms with Gasteiger partial charge in [-0.3, -0.25) is 4.79 Å². The van der Waals surface area contributed by atoms with E-state index in [2.05, 4.69) is 58.2 Å². The fraction of sp³-hybridized carbons (Fsp3) is 0.348. The van der Waals surface area contributed by atoms with Crippen LogP contribution in [0, 0.1) is 6.92 Å². The Morgan fingerprint density at radius 1 is 1.09 bits per heavy atom. The number of rotatable bonds is 10. The minimum Gasteiger partial charge on any atom is -0.493 e. The molecule has 0 fully saturated rings. The SMILES string of the molecule is CCn1c(CSc2ccc(C)cc2)nnc1SC(C)C(=O)Nc1ccc(OC)c(OC)c1. The van der Waals surface area contributed by atoms with Crippen molar-refractivity contribution in [2.75, 3.05) is 19.5 Å². The first kappa shape index (κ1) is 24.0. The van der Waals surface area contributed by atoms with Gasteiger partial charge in [0.25, 0.3) is 0 Å². The van der Waals surface area contributed by atoms with Gasteiger partial charge in [0.05, 0.1) is 25.2 Å². The lowest BCUT2D eigenvalue weighted by atomic mass is 10.2. The first-order valence-electron chi connectivity index (χ1n) is 10.3. The number of ether oxygens (including phenoxy) is 2. The standard InChI is InChI=1S/C23H28N4O3S2/c1-6-27-21(14-31-18-10-7-15(2)8-11-18)25-26-23(27)32-16(3)22(28)24-17-9-12-19(29-4)20(13-17)30-5/h7-13,16H,6,14H2,1-5H3,(H,24,28). The van der Waals surface area contributed by atoms with E-state index in [1.807, 2.05) is 6.92 Å². The molecule has 32 heavy (non-hydrogen) atoms. The monoisotopic (exact) mass is 472 g/mol. The molecule has 1 amide bonds. The third-order valence-corrected chi connectivity index (χ3v) is 6.89. The number of aryl methyl sites for hydroxylation is 1. The summed E-state index contributed by atoms with van der Waals surface area (Å²) in [5, 5.41) is 12.0. The Morgan fingerprint density at radius 2 is 1.81 bits per heavy atom. The summed E-state index contributed by atoms with van der Waals surface area (Å²) >= 11 is 3.12. The Kier molecular flexibility index (Phi) is 8.46. The predicted octanol–water partition coefficient (Wildman–Crippen LogP) is 5.04. The molecule has 1 N–H and O–H groups in total. The van der Waals surface area contributed by atoms with E-state index in [0.717, 1.165) is 23.3 Å². The van der Waals surface area contributed by atoms with Crippen molar-refractivity contribution in [2.24, 2.45) is 0 Å². The number of nitrogens with zero attached hydrogens (tertiary/aromatic N) is 3. The number of carbonyl (C=O) groups is 1. The number of amides is 1. The molecular formula is C23H28N4O3S2. The molecule has 0 bridgehead atoms. The molecule has 1 atom stereocenters. The van der Waals surface area contributed by atoms with Crippen LogP contribution in [0.2, 0.25) is 0 Å². The third-order valence-electron chi connectivity index (χ3n) is 4.80. The number of hydrogen-bond acceptors (Lipinski definition) is 7. The Labute approximate surface area is 197 Å². The van der Waals surface area contributed by atoms with Gasteiger partial charge in [0.1, 0.15) is 5.82 Å². The molecule has 1 heterocycles. The average Bonchev–Trinajstić information content (AvgIpc) is 3.19. The molecule has 0 saturated carbocycles. The summed E-state index contributed by atoms with van der Waals surface area (Å²) in [6, 6.07) is 13.7. The van der Waals surface area contributed by atoms with Gasteiger partial charge in [-0.05, 0) is 45.0 Å². The molecule has 0 saturated heterocycles. The minimum atomic E-state index is -0.352. The highest BCUT2D eigenvalue weighted by atomic mass is 32.2. The van der Waals surface area contributed by atoms with Crippen LogP contribution in [0.5, 0.6) is 11.5 Å². The summed E-state index contributed by atoms with van der Waals surface area (Å²) in [6.07, 6.45) is 0. The van der Waals surface area contributed by atoms with Crippen LogP contribution >= 0.6 is 23.5 Å². The summed E-state index contributed by atoms with van der Waals surface area (Å²) in [5.74, 6) is 2.67. The highest BCUT2D eigenvalue weighted by Crippen LogP contribution is 2.31. The maximum absolute atomic E-state index is 12.7. The Bertz CT molecular complexity index is 1050. The number of thioether (sulfide) groups is 2. The lowest BCUT2D eigenvalue weighted by molar-refractivity contribution is -0.115. The molecule has 170 valence electrons. The number of benzene rings is 2. The molecule has 0 spiro atoms. The van der Waals surface area contributed by atoms with E-state index in [0.29, 0.717) is 17.2 Å². The molecule has 3 rings (SSSR count). The molecule has 1 aromatic heterocycles. The van der Waals surface area contributed by atoms with E-state index in [1.165, 1.54) is 22.2 Å². The number of hydrogen-bond donors (Lipinski definition) is 1. The van der Waals surface area contributed by atoms with Crippen LogP contribution in [-0.2, 0) is 17.1 Å². The van der Waals surface area contributed by atoms with Gasteiger partial charge in [0, 0.05) is 23.2 Å². The van der Waals surface area contributed by atoms with Crippen molar-refractivity contribution in [3.8, 4) is 11.5 Å². The molecular weight excluding hydrogens is 444 g/mol. The summed E-state index contributed by atoms with van der Waals surface area (Å²) in [4.78, 5) is 13.9. The van der Waals surface area contributed by atoms with Crippen molar-refractivity contribution in [1.29, 1.82) is 0 Å². The molecule has 0 aliphatic heterocycles. The fourth-order valence-corrected chi connectivity index (χ4v) is 4.75. The van der Waals surface area contributed by atoms with Crippen molar-refractivity contribution in [1.82, 2.24) is 14.8 Å². The zero-order valence-electron chi connectivity index (χ0n) is 18.9. The van der Waals surface area contributed by atoms with Crippen LogP contribution < -0.4 is 14.8 Å². The van der Waals surface area contributed by atoms with Gasteiger partial charge >= 0.3 is 0 Å². The quantitative estimate of drug-likeness (QED) is 0.414. The second-order valence-electron chi connectivity index (χ2n) is 7.06. The van der Waals surface area contributed by atoms with Crippen molar-refractivity contribution in [3.05, 3.63) is 53.9 Å². The van der Waals surface area contributed by atoms with E-state index in [-0.39, 0.29) is 11.2 Å². The van der Waals surface area contributed by atoms with E-state index >= 15 is 0 Å². The topological polar surface area (TPSA) is 78.3 Å². The molecule has 0 radical (unpaired) electrons. The second kappa shape index (κ2) is 11.3. The van der Waals surface area contributed by atoms with Crippen LogP contribution in [0.15, 0.2) is 52.5 Å². The predicted molar refractivity (Wildman–Crippen MR) is 130 cm³/mol. The lowest BCUT2D eigenvalue weighted by Gasteiger charge is -2.14. The van der Waals surface area contributed by atoms with E-state index in [4.69, 9.17) is 9.47 Å². The second-order valence-corrected chi connectivity index (χ2v) is 9.42. The lowest BCUT2D eigenvalue weighted by Crippen LogP contribution is -2.23. The zero-order valence-corrected chi connectivity index (χ0v) is 20.5. The van der Waals surface area contributed by atoms with Gasteiger partial charge in [-0.25, -0.2) is 0 Å². The van der Waals surface area contributed by atoms with Crippen molar-refractivity contribution in [3.63, 3.8) is 0 Å². The summed E-state index contributed by atoms with van der Waals surface area (Å²) in [6.45, 7) is 6.73. The van der Waals surface area contributed by atoms with Gasteiger partial charge in [0.2, 0.25) is 5.91 Å². The molecule has 0 aliphatic rings. The van der Waals surface area contributed by atoms with Crippen LogP contribution in [-0.4, -0.2) is 40.1 Å². The van der Waals surface area contributed by atoms with Crippen molar-refractivity contribution in [2.45, 2.75) is 48.4 Å². The van der Waals surface area contributed by atoms with Crippen LogP contribution in [0.1, 0.15) is 25.2 Å². The number of nitrogens with one attached hydrogen (secondary N) is 1.